The Labute approximate surface area is 182 Å². The largest absolute Gasteiger partial charge is 0.342 e. The third-order valence-corrected chi connectivity index (χ3v) is 6.23. The van der Waals surface area contributed by atoms with Crippen LogP contribution < -0.4 is 5.56 Å². The monoisotopic (exact) mass is 423 g/mol. The molecule has 30 heavy (non-hydrogen) atoms. The van der Waals surface area contributed by atoms with E-state index >= 15 is 0 Å². The number of hydrogen-bond acceptors (Lipinski definition) is 4. The van der Waals surface area contributed by atoms with Crippen molar-refractivity contribution in [2.24, 2.45) is 5.92 Å². The topological polar surface area (TPSA) is 55.2 Å². The van der Waals surface area contributed by atoms with Gasteiger partial charge in [0.2, 0.25) is 5.91 Å². The lowest BCUT2D eigenvalue weighted by Crippen LogP contribution is -2.34. The van der Waals surface area contributed by atoms with Gasteiger partial charge in [0, 0.05) is 19.6 Å². The molecule has 1 atom stereocenters. The first kappa shape index (κ1) is 22.1. The minimum Gasteiger partial charge on any atom is -0.342 e. The number of amides is 1. The van der Waals surface area contributed by atoms with Gasteiger partial charge in [0.1, 0.15) is 5.25 Å². The Balaban J connectivity index is 2.13. The third kappa shape index (κ3) is 4.75. The molecule has 0 saturated carbocycles. The van der Waals surface area contributed by atoms with E-state index in [1.54, 1.807) is 4.57 Å². The zero-order valence-corrected chi connectivity index (χ0v) is 18.9. The molecule has 0 saturated heterocycles. The van der Waals surface area contributed by atoms with Crippen molar-refractivity contribution in [2.45, 2.75) is 44.6 Å². The molecule has 158 valence electrons. The summed E-state index contributed by atoms with van der Waals surface area (Å²) in [6.07, 6.45) is 0. The van der Waals surface area contributed by atoms with Gasteiger partial charge in [-0.1, -0.05) is 68.1 Å². The minimum atomic E-state index is -0.461. The van der Waals surface area contributed by atoms with Gasteiger partial charge in [-0.15, -0.1) is 0 Å². The molecule has 0 fully saturated rings. The summed E-state index contributed by atoms with van der Waals surface area (Å²) in [5.41, 5.74) is 1.52. The van der Waals surface area contributed by atoms with Crippen molar-refractivity contribution >= 4 is 28.6 Å². The highest BCUT2D eigenvalue weighted by Crippen LogP contribution is 2.36. The molecule has 0 bridgehead atoms. The van der Waals surface area contributed by atoms with Crippen molar-refractivity contribution in [2.75, 3.05) is 13.1 Å². The molecule has 3 aromatic rings. The number of hydrogen-bond donors (Lipinski definition) is 0. The highest BCUT2D eigenvalue weighted by molar-refractivity contribution is 8.00. The number of aromatic nitrogens is 2. The number of benzene rings is 2. The number of carbonyl (C=O) groups excluding carboxylic acids is 1. The number of para-hydroxylation sites is 1. The lowest BCUT2D eigenvalue weighted by molar-refractivity contribution is -0.130. The van der Waals surface area contributed by atoms with E-state index in [1.165, 1.54) is 11.8 Å². The number of rotatable bonds is 8. The summed E-state index contributed by atoms with van der Waals surface area (Å²) in [6, 6.07) is 17.1. The van der Waals surface area contributed by atoms with Crippen molar-refractivity contribution in [3.05, 3.63) is 70.5 Å². The van der Waals surface area contributed by atoms with Gasteiger partial charge >= 0.3 is 0 Å². The van der Waals surface area contributed by atoms with Gasteiger partial charge in [0.15, 0.2) is 5.16 Å². The molecule has 0 unspecified atom stereocenters. The molecule has 0 aliphatic carbocycles. The lowest BCUT2D eigenvalue weighted by atomic mass is 10.1. The van der Waals surface area contributed by atoms with Crippen LogP contribution >= 0.6 is 11.8 Å². The van der Waals surface area contributed by atoms with Crippen molar-refractivity contribution in [3.8, 4) is 0 Å². The molecule has 0 spiro atoms. The molecular formula is C24H29N3O2S. The van der Waals surface area contributed by atoms with Crippen molar-refractivity contribution in [3.63, 3.8) is 0 Å². The van der Waals surface area contributed by atoms with Crippen LogP contribution in [0.5, 0.6) is 0 Å². The second-order valence-electron chi connectivity index (χ2n) is 7.64. The number of thioether (sulfide) groups is 1. The predicted octanol–water partition coefficient (Wildman–Crippen LogP) is 4.75. The van der Waals surface area contributed by atoms with E-state index in [2.05, 4.69) is 13.8 Å². The van der Waals surface area contributed by atoms with E-state index in [0.717, 1.165) is 5.56 Å². The first-order chi connectivity index (χ1) is 14.5. The fourth-order valence-electron chi connectivity index (χ4n) is 3.46. The first-order valence-corrected chi connectivity index (χ1v) is 11.3. The summed E-state index contributed by atoms with van der Waals surface area (Å²) in [6.45, 7) is 9.96. The van der Waals surface area contributed by atoms with E-state index in [-0.39, 0.29) is 17.4 Å². The first-order valence-electron chi connectivity index (χ1n) is 10.5. The summed E-state index contributed by atoms with van der Waals surface area (Å²) in [4.78, 5) is 33.2. The molecule has 1 amide bonds. The van der Waals surface area contributed by atoms with E-state index in [4.69, 9.17) is 4.98 Å². The van der Waals surface area contributed by atoms with Crippen LogP contribution in [0.2, 0.25) is 0 Å². The Hall–Kier alpha value is -2.60. The van der Waals surface area contributed by atoms with Crippen LogP contribution in [0, 0.1) is 5.92 Å². The van der Waals surface area contributed by atoms with E-state index in [0.29, 0.717) is 35.7 Å². The maximum Gasteiger partial charge on any atom is 0.262 e. The summed E-state index contributed by atoms with van der Waals surface area (Å²) in [5.74, 6) is 0.313. The second-order valence-corrected chi connectivity index (χ2v) is 8.71. The maximum absolute atomic E-state index is 13.4. The number of fused-ring (bicyclic) bond motifs is 1. The van der Waals surface area contributed by atoms with E-state index in [9.17, 15) is 9.59 Å². The SMILES string of the molecule is CCN(CC)C(=O)[C@@H](Sc1nc2ccccc2c(=O)n1CC(C)C)c1ccccc1. The molecule has 2 aromatic carbocycles. The molecule has 3 rings (SSSR count). The van der Waals surface area contributed by atoms with Crippen LogP contribution in [0.4, 0.5) is 0 Å². The minimum absolute atomic E-state index is 0.0368. The van der Waals surface area contributed by atoms with Crippen LogP contribution in [0.1, 0.15) is 38.5 Å². The summed E-state index contributed by atoms with van der Waals surface area (Å²) in [7, 11) is 0. The average molecular weight is 424 g/mol. The smallest absolute Gasteiger partial charge is 0.262 e. The summed E-state index contributed by atoms with van der Waals surface area (Å²) >= 11 is 1.37. The standard InChI is InChI=1S/C24H29N3O2S/c1-5-26(6-2)23(29)21(18-12-8-7-9-13-18)30-24-25-20-15-11-10-14-19(20)22(28)27(24)16-17(3)4/h7-15,17,21H,5-6,16H2,1-4H3/t21-/m0/s1. The number of carbonyl (C=O) groups is 1. The van der Waals surface area contributed by atoms with Crippen LogP contribution in [0.3, 0.4) is 0 Å². The summed E-state index contributed by atoms with van der Waals surface area (Å²) in [5, 5.41) is 0.730. The van der Waals surface area contributed by atoms with E-state index < -0.39 is 5.25 Å². The Morgan fingerprint density at radius 1 is 1.03 bits per heavy atom. The molecular weight excluding hydrogens is 394 g/mol. The fourth-order valence-corrected chi connectivity index (χ4v) is 4.65. The predicted molar refractivity (Wildman–Crippen MR) is 124 cm³/mol. The van der Waals surface area contributed by atoms with Crippen molar-refractivity contribution in [1.29, 1.82) is 0 Å². The highest BCUT2D eigenvalue weighted by Gasteiger charge is 2.28. The molecule has 1 heterocycles. The van der Waals surface area contributed by atoms with Crippen molar-refractivity contribution in [1.82, 2.24) is 14.5 Å². The van der Waals surface area contributed by atoms with Gasteiger partial charge in [-0.2, -0.15) is 0 Å². The highest BCUT2D eigenvalue weighted by atomic mass is 32.2. The Kier molecular flexibility index (Phi) is 7.32. The Bertz CT molecular complexity index is 1060. The van der Waals surface area contributed by atoms with Gasteiger partial charge in [-0.05, 0) is 37.5 Å². The van der Waals surface area contributed by atoms with Gasteiger partial charge in [0.05, 0.1) is 10.9 Å². The second kappa shape index (κ2) is 9.94. The van der Waals surface area contributed by atoms with Gasteiger partial charge in [-0.3, -0.25) is 14.2 Å². The maximum atomic E-state index is 13.4. The number of nitrogens with zero attached hydrogens (tertiary/aromatic N) is 3. The Morgan fingerprint density at radius 2 is 1.67 bits per heavy atom. The zero-order chi connectivity index (χ0) is 21.7. The quantitative estimate of drug-likeness (QED) is 0.387. The van der Waals surface area contributed by atoms with Crippen molar-refractivity contribution < 1.29 is 4.79 Å². The third-order valence-electron chi connectivity index (χ3n) is 5.00. The molecule has 1 aromatic heterocycles. The zero-order valence-electron chi connectivity index (χ0n) is 18.0. The van der Waals surface area contributed by atoms with Crippen LogP contribution in [0.25, 0.3) is 10.9 Å². The van der Waals surface area contributed by atoms with Gasteiger partial charge in [-0.25, -0.2) is 4.98 Å². The molecule has 0 radical (unpaired) electrons. The average Bonchev–Trinajstić information content (AvgIpc) is 2.75. The molecule has 0 aliphatic rings. The van der Waals surface area contributed by atoms with Crippen LogP contribution in [-0.2, 0) is 11.3 Å². The summed E-state index contributed by atoms with van der Waals surface area (Å²) < 4.78 is 1.73. The molecule has 5 nitrogen and oxygen atoms in total. The normalized spacial score (nSPS) is 12.3. The number of likely N-dealkylation sites (N-methyl/N-ethyl adjacent to an activating group) is 1. The molecule has 0 aliphatic heterocycles. The molecule has 0 N–H and O–H groups in total. The lowest BCUT2D eigenvalue weighted by Gasteiger charge is -2.26. The fraction of sp³-hybridized carbons (Fsp3) is 0.375. The Morgan fingerprint density at radius 3 is 2.30 bits per heavy atom. The molecule has 6 heteroatoms. The van der Waals surface area contributed by atoms with Crippen LogP contribution in [0.15, 0.2) is 64.5 Å². The van der Waals surface area contributed by atoms with Gasteiger partial charge < -0.3 is 4.90 Å². The van der Waals surface area contributed by atoms with Gasteiger partial charge in [0.25, 0.3) is 5.56 Å². The van der Waals surface area contributed by atoms with Crippen LogP contribution in [-0.4, -0.2) is 33.4 Å². The van der Waals surface area contributed by atoms with E-state index in [1.807, 2.05) is 73.3 Å².